The van der Waals surface area contributed by atoms with Crippen molar-refractivity contribution in [1.29, 1.82) is 0 Å². The molecule has 2 aromatic rings. The molecule has 0 saturated carbocycles. The molecule has 7 nitrogen and oxygen atoms in total. The van der Waals surface area contributed by atoms with E-state index >= 15 is 0 Å². The van der Waals surface area contributed by atoms with E-state index < -0.39 is 0 Å². The van der Waals surface area contributed by atoms with Crippen LogP contribution in [0.3, 0.4) is 0 Å². The summed E-state index contributed by atoms with van der Waals surface area (Å²) in [5.74, 6) is 2.23. The molecule has 3 rings (SSSR count). The van der Waals surface area contributed by atoms with Crippen LogP contribution in [0, 0.1) is 0 Å². The van der Waals surface area contributed by atoms with Gasteiger partial charge in [0.15, 0.2) is 11.6 Å². The van der Waals surface area contributed by atoms with Crippen molar-refractivity contribution in [3.63, 3.8) is 0 Å². The second-order valence-electron chi connectivity index (χ2n) is 6.57. The minimum atomic E-state index is -0.00989. The summed E-state index contributed by atoms with van der Waals surface area (Å²) in [6, 6.07) is 11.8. The third kappa shape index (κ3) is 4.87. The zero-order valence-corrected chi connectivity index (χ0v) is 16.0. The summed E-state index contributed by atoms with van der Waals surface area (Å²) >= 11 is 0. The van der Waals surface area contributed by atoms with Crippen molar-refractivity contribution in [2.75, 3.05) is 48.4 Å². The molecule has 144 valence electrons. The number of ether oxygens (including phenoxy) is 1. The number of carbonyl (C=O) groups is 1. The fraction of sp³-hybridized carbons (Fsp3) is 0.450. The van der Waals surface area contributed by atoms with Crippen molar-refractivity contribution in [3.05, 3.63) is 36.4 Å². The van der Waals surface area contributed by atoms with Crippen molar-refractivity contribution in [1.82, 2.24) is 10.2 Å². The van der Waals surface area contributed by atoms with Crippen LogP contribution in [0.15, 0.2) is 36.4 Å². The Hall–Kier alpha value is -2.83. The van der Waals surface area contributed by atoms with Crippen LogP contribution in [-0.4, -0.2) is 49.4 Å². The van der Waals surface area contributed by atoms with Crippen LogP contribution in [0.5, 0.6) is 5.75 Å². The number of unbranched alkanes of at least 4 members (excludes halogenated alkanes) is 1. The van der Waals surface area contributed by atoms with E-state index in [1.54, 1.807) is 7.11 Å². The fourth-order valence-electron chi connectivity index (χ4n) is 3.17. The molecular weight excluding hydrogens is 342 g/mol. The largest absolute Gasteiger partial charge is 0.495 e. The fourth-order valence-corrected chi connectivity index (χ4v) is 3.17. The van der Waals surface area contributed by atoms with E-state index in [2.05, 4.69) is 38.3 Å². The number of piperazine rings is 1. The van der Waals surface area contributed by atoms with Gasteiger partial charge in [-0.1, -0.05) is 25.5 Å². The molecule has 0 unspecified atom stereocenters. The minimum absolute atomic E-state index is 0.00989. The van der Waals surface area contributed by atoms with Gasteiger partial charge >= 0.3 is 0 Å². The topological polar surface area (TPSA) is 70.6 Å². The maximum absolute atomic E-state index is 11.8. The van der Waals surface area contributed by atoms with Gasteiger partial charge in [-0.05, 0) is 30.7 Å². The molecule has 1 amide bonds. The number of anilines is 3. The van der Waals surface area contributed by atoms with Crippen LogP contribution >= 0.6 is 0 Å². The molecule has 1 aliphatic heterocycles. The van der Waals surface area contributed by atoms with Gasteiger partial charge in [-0.3, -0.25) is 4.79 Å². The van der Waals surface area contributed by atoms with Gasteiger partial charge in [-0.25, -0.2) is 0 Å². The Morgan fingerprint density at radius 2 is 1.81 bits per heavy atom. The van der Waals surface area contributed by atoms with Crippen molar-refractivity contribution in [2.24, 2.45) is 0 Å². The number of amides is 1. The Balaban J connectivity index is 1.56. The molecule has 0 atom stereocenters. The molecule has 1 aliphatic rings. The van der Waals surface area contributed by atoms with E-state index in [1.807, 2.05) is 30.3 Å². The lowest BCUT2D eigenvalue weighted by Gasteiger charge is -2.37. The molecule has 1 aromatic heterocycles. The van der Waals surface area contributed by atoms with Gasteiger partial charge in [0.2, 0.25) is 5.91 Å². The van der Waals surface area contributed by atoms with Gasteiger partial charge in [0.05, 0.1) is 12.8 Å². The van der Waals surface area contributed by atoms with Gasteiger partial charge in [-0.15, -0.1) is 10.2 Å². The smallest absolute Gasteiger partial charge is 0.225 e. The molecule has 1 fully saturated rings. The molecule has 27 heavy (non-hydrogen) atoms. The molecule has 0 radical (unpaired) electrons. The Bertz CT molecular complexity index is 742. The summed E-state index contributed by atoms with van der Waals surface area (Å²) in [5.41, 5.74) is 1.12. The van der Waals surface area contributed by atoms with E-state index in [9.17, 15) is 4.79 Å². The monoisotopic (exact) mass is 369 g/mol. The predicted octanol–water partition coefficient (Wildman–Crippen LogP) is 2.94. The molecule has 2 heterocycles. The highest BCUT2D eigenvalue weighted by molar-refractivity contribution is 5.89. The van der Waals surface area contributed by atoms with Crippen LogP contribution in [0.4, 0.5) is 17.3 Å². The van der Waals surface area contributed by atoms with Crippen molar-refractivity contribution >= 4 is 23.2 Å². The highest BCUT2D eigenvalue weighted by Crippen LogP contribution is 2.28. The Kier molecular flexibility index (Phi) is 6.46. The highest BCUT2D eigenvalue weighted by atomic mass is 16.5. The first-order valence-corrected chi connectivity index (χ1v) is 9.47. The highest BCUT2D eigenvalue weighted by Gasteiger charge is 2.20. The summed E-state index contributed by atoms with van der Waals surface area (Å²) < 4.78 is 5.47. The SMILES string of the molecule is CCCCC(=O)Nc1ccc(N2CCN(c3ccccc3OC)CC2)nn1. The number of hydrogen-bond acceptors (Lipinski definition) is 6. The van der Waals surface area contributed by atoms with Gasteiger partial charge in [0, 0.05) is 32.6 Å². The summed E-state index contributed by atoms with van der Waals surface area (Å²) in [6.07, 6.45) is 2.40. The van der Waals surface area contributed by atoms with E-state index in [-0.39, 0.29) is 5.91 Å². The lowest BCUT2D eigenvalue weighted by molar-refractivity contribution is -0.116. The number of para-hydroxylation sites is 2. The summed E-state index contributed by atoms with van der Waals surface area (Å²) in [7, 11) is 1.70. The standard InChI is InChI=1S/C20H27N5O2/c1-3-4-9-20(26)21-18-10-11-19(23-22-18)25-14-12-24(13-15-25)16-7-5-6-8-17(16)27-2/h5-8,10-11H,3-4,9,12-15H2,1-2H3,(H,21,22,26). The first-order chi connectivity index (χ1) is 13.2. The van der Waals surface area contributed by atoms with E-state index in [0.717, 1.165) is 56.3 Å². The van der Waals surface area contributed by atoms with Crippen LogP contribution in [0.1, 0.15) is 26.2 Å². The Morgan fingerprint density at radius 3 is 2.48 bits per heavy atom. The molecule has 0 aliphatic carbocycles. The van der Waals surface area contributed by atoms with Gasteiger partial charge in [0.1, 0.15) is 5.75 Å². The minimum Gasteiger partial charge on any atom is -0.495 e. The van der Waals surface area contributed by atoms with Crippen LogP contribution in [-0.2, 0) is 4.79 Å². The van der Waals surface area contributed by atoms with Crippen LogP contribution in [0.25, 0.3) is 0 Å². The van der Waals surface area contributed by atoms with Crippen molar-refractivity contribution < 1.29 is 9.53 Å². The molecular formula is C20H27N5O2. The maximum Gasteiger partial charge on any atom is 0.225 e. The first-order valence-electron chi connectivity index (χ1n) is 9.47. The molecule has 1 N–H and O–H groups in total. The summed E-state index contributed by atoms with van der Waals surface area (Å²) in [5, 5.41) is 11.2. The zero-order chi connectivity index (χ0) is 19.1. The Morgan fingerprint density at radius 1 is 1.07 bits per heavy atom. The third-order valence-electron chi connectivity index (χ3n) is 4.70. The van der Waals surface area contributed by atoms with Gasteiger partial charge in [0.25, 0.3) is 0 Å². The predicted molar refractivity (Wildman–Crippen MR) is 108 cm³/mol. The summed E-state index contributed by atoms with van der Waals surface area (Å²) in [6.45, 7) is 5.55. The second kappa shape index (κ2) is 9.21. The van der Waals surface area contributed by atoms with Crippen molar-refractivity contribution in [3.8, 4) is 5.75 Å². The van der Waals surface area contributed by atoms with E-state index in [1.165, 1.54) is 0 Å². The Labute approximate surface area is 160 Å². The first kappa shape index (κ1) is 18.9. The molecule has 0 spiro atoms. The van der Waals surface area contributed by atoms with Gasteiger partial charge < -0.3 is 19.9 Å². The average molecular weight is 369 g/mol. The number of hydrogen-bond donors (Lipinski definition) is 1. The van der Waals surface area contributed by atoms with Gasteiger partial charge in [-0.2, -0.15) is 0 Å². The number of methoxy groups -OCH3 is 1. The zero-order valence-electron chi connectivity index (χ0n) is 16.0. The normalized spacial score (nSPS) is 14.1. The lowest BCUT2D eigenvalue weighted by Crippen LogP contribution is -2.47. The number of rotatable bonds is 7. The number of aromatic nitrogens is 2. The van der Waals surface area contributed by atoms with Crippen LogP contribution < -0.4 is 19.9 Å². The summed E-state index contributed by atoms with van der Waals surface area (Å²) in [4.78, 5) is 16.3. The lowest BCUT2D eigenvalue weighted by atomic mass is 10.2. The maximum atomic E-state index is 11.8. The third-order valence-corrected chi connectivity index (χ3v) is 4.70. The number of carbonyl (C=O) groups excluding carboxylic acids is 1. The molecule has 7 heteroatoms. The van der Waals surface area contributed by atoms with Crippen molar-refractivity contribution in [2.45, 2.75) is 26.2 Å². The molecule has 0 bridgehead atoms. The number of benzene rings is 1. The van der Waals surface area contributed by atoms with E-state index in [4.69, 9.17) is 4.74 Å². The average Bonchev–Trinajstić information content (AvgIpc) is 2.73. The second-order valence-corrected chi connectivity index (χ2v) is 6.57. The van der Waals surface area contributed by atoms with E-state index in [0.29, 0.717) is 12.2 Å². The quantitative estimate of drug-likeness (QED) is 0.809. The number of nitrogens with one attached hydrogen (secondary N) is 1. The molecule has 1 saturated heterocycles. The number of nitrogens with zero attached hydrogens (tertiary/aromatic N) is 4. The van der Waals surface area contributed by atoms with Crippen LogP contribution in [0.2, 0.25) is 0 Å². The molecule has 1 aromatic carbocycles.